The van der Waals surface area contributed by atoms with Crippen molar-refractivity contribution in [1.29, 1.82) is 0 Å². The van der Waals surface area contributed by atoms with Gasteiger partial charge in [-0.25, -0.2) is 0 Å². The number of amides is 1. The van der Waals surface area contributed by atoms with Gasteiger partial charge in [-0.15, -0.1) is 0 Å². The van der Waals surface area contributed by atoms with Crippen LogP contribution in [0, 0.1) is 0 Å². The average Bonchev–Trinajstić information content (AvgIpc) is 2.45. The third-order valence-corrected chi connectivity index (χ3v) is 2.96. The fourth-order valence-corrected chi connectivity index (χ4v) is 1.78. The first-order chi connectivity index (χ1) is 9.63. The van der Waals surface area contributed by atoms with E-state index >= 15 is 0 Å². The monoisotopic (exact) mass is 277 g/mol. The zero-order valence-electron chi connectivity index (χ0n) is 12.3. The summed E-state index contributed by atoms with van der Waals surface area (Å²) in [6.45, 7) is 4.33. The van der Waals surface area contributed by atoms with E-state index in [0.29, 0.717) is 17.9 Å². The lowest BCUT2D eigenvalue weighted by molar-refractivity contribution is -0.123. The molecule has 110 valence electrons. The number of rotatable bonds is 9. The smallest absolute Gasteiger partial charge is 0.257 e. The molecular weight excluding hydrogens is 254 g/mol. The van der Waals surface area contributed by atoms with Crippen molar-refractivity contribution in [2.24, 2.45) is 0 Å². The minimum Gasteiger partial charge on any atom is -0.484 e. The van der Waals surface area contributed by atoms with Crippen molar-refractivity contribution in [3.8, 4) is 5.75 Å². The molecule has 0 heterocycles. The Morgan fingerprint density at radius 2 is 2.00 bits per heavy atom. The lowest BCUT2D eigenvalue weighted by Gasteiger charge is -2.08. The van der Waals surface area contributed by atoms with Gasteiger partial charge in [-0.05, 0) is 25.5 Å². The molecule has 20 heavy (non-hydrogen) atoms. The summed E-state index contributed by atoms with van der Waals surface area (Å²) in [6, 6.07) is 6.86. The first-order valence-electron chi connectivity index (χ1n) is 7.14. The van der Waals surface area contributed by atoms with E-state index in [0.717, 1.165) is 12.8 Å². The number of ketones is 1. The molecule has 0 saturated carbocycles. The SMILES string of the molecule is CCCCCCNC(=O)COc1cccc(C(C)=O)c1. The van der Waals surface area contributed by atoms with Crippen LogP contribution in [0.5, 0.6) is 5.75 Å². The number of benzene rings is 1. The summed E-state index contributed by atoms with van der Waals surface area (Å²) in [5.74, 6) is 0.393. The van der Waals surface area contributed by atoms with E-state index in [1.807, 2.05) is 0 Å². The predicted molar refractivity (Wildman–Crippen MR) is 79.1 cm³/mol. The molecule has 1 amide bonds. The molecule has 0 atom stereocenters. The molecule has 0 saturated heterocycles. The fourth-order valence-electron chi connectivity index (χ4n) is 1.78. The number of carbonyl (C=O) groups excluding carboxylic acids is 2. The molecule has 0 aliphatic heterocycles. The Morgan fingerprint density at radius 3 is 2.70 bits per heavy atom. The summed E-state index contributed by atoms with van der Waals surface area (Å²) in [4.78, 5) is 22.8. The Bertz CT molecular complexity index is 443. The summed E-state index contributed by atoms with van der Waals surface area (Å²) in [5.41, 5.74) is 0.586. The van der Waals surface area contributed by atoms with Gasteiger partial charge in [0.1, 0.15) is 5.75 Å². The van der Waals surface area contributed by atoms with Crippen LogP contribution in [0.3, 0.4) is 0 Å². The molecule has 4 nitrogen and oxygen atoms in total. The molecule has 0 bridgehead atoms. The third kappa shape index (κ3) is 6.36. The van der Waals surface area contributed by atoms with Crippen LogP contribution in [0.15, 0.2) is 24.3 Å². The van der Waals surface area contributed by atoms with Crippen LogP contribution in [-0.4, -0.2) is 24.8 Å². The Hall–Kier alpha value is -1.84. The van der Waals surface area contributed by atoms with Gasteiger partial charge in [0.25, 0.3) is 5.91 Å². The van der Waals surface area contributed by atoms with Crippen LogP contribution in [0.25, 0.3) is 0 Å². The first kappa shape index (κ1) is 16.2. The van der Waals surface area contributed by atoms with Crippen molar-refractivity contribution in [2.45, 2.75) is 39.5 Å². The Balaban J connectivity index is 2.27. The third-order valence-electron chi connectivity index (χ3n) is 2.96. The number of hydrogen-bond donors (Lipinski definition) is 1. The van der Waals surface area contributed by atoms with E-state index < -0.39 is 0 Å². The van der Waals surface area contributed by atoms with Gasteiger partial charge >= 0.3 is 0 Å². The summed E-state index contributed by atoms with van der Waals surface area (Å²) >= 11 is 0. The molecule has 1 N–H and O–H groups in total. The Labute approximate surface area is 120 Å². The normalized spacial score (nSPS) is 10.1. The second-order valence-electron chi connectivity index (χ2n) is 4.78. The summed E-state index contributed by atoms with van der Waals surface area (Å²) in [6.07, 6.45) is 4.52. The van der Waals surface area contributed by atoms with Crippen molar-refractivity contribution in [3.63, 3.8) is 0 Å². The maximum atomic E-state index is 11.6. The number of Topliss-reactive ketones (excluding diaryl/α,β-unsaturated/α-hetero) is 1. The van der Waals surface area contributed by atoms with E-state index in [1.165, 1.54) is 19.8 Å². The second kappa shape index (κ2) is 9.13. The van der Waals surface area contributed by atoms with Crippen LogP contribution >= 0.6 is 0 Å². The first-order valence-corrected chi connectivity index (χ1v) is 7.14. The van der Waals surface area contributed by atoms with Crippen molar-refractivity contribution >= 4 is 11.7 Å². The molecule has 0 aliphatic carbocycles. The molecule has 0 unspecified atom stereocenters. The minimum atomic E-state index is -0.130. The Kier molecular flexibility index (Phi) is 7.40. The average molecular weight is 277 g/mol. The molecule has 4 heteroatoms. The predicted octanol–water partition coefficient (Wildman–Crippen LogP) is 2.96. The van der Waals surface area contributed by atoms with E-state index in [4.69, 9.17) is 4.74 Å². The summed E-state index contributed by atoms with van der Waals surface area (Å²) in [7, 11) is 0. The van der Waals surface area contributed by atoms with Gasteiger partial charge in [0.05, 0.1) is 0 Å². The number of carbonyl (C=O) groups is 2. The van der Waals surface area contributed by atoms with Gasteiger partial charge in [0, 0.05) is 12.1 Å². The Morgan fingerprint density at radius 1 is 1.20 bits per heavy atom. The lowest BCUT2D eigenvalue weighted by Crippen LogP contribution is -2.29. The van der Waals surface area contributed by atoms with Crippen LogP contribution in [0.1, 0.15) is 49.9 Å². The maximum Gasteiger partial charge on any atom is 0.257 e. The van der Waals surface area contributed by atoms with Crippen LogP contribution in [-0.2, 0) is 4.79 Å². The summed E-state index contributed by atoms with van der Waals surface area (Å²) in [5, 5.41) is 2.82. The maximum absolute atomic E-state index is 11.6. The molecule has 0 radical (unpaired) electrons. The zero-order valence-corrected chi connectivity index (χ0v) is 12.3. The van der Waals surface area contributed by atoms with E-state index in [2.05, 4.69) is 12.2 Å². The highest BCUT2D eigenvalue weighted by Crippen LogP contribution is 2.13. The highest BCUT2D eigenvalue weighted by atomic mass is 16.5. The molecular formula is C16H23NO3. The lowest BCUT2D eigenvalue weighted by atomic mass is 10.1. The van der Waals surface area contributed by atoms with E-state index in [9.17, 15) is 9.59 Å². The van der Waals surface area contributed by atoms with Gasteiger partial charge in [-0.3, -0.25) is 9.59 Å². The molecule has 1 aromatic rings. The second-order valence-corrected chi connectivity index (χ2v) is 4.78. The van der Waals surface area contributed by atoms with Crippen molar-refractivity contribution < 1.29 is 14.3 Å². The molecule has 0 spiro atoms. The number of nitrogens with one attached hydrogen (secondary N) is 1. The largest absolute Gasteiger partial charge is 0.484 e. The van der Waals surface area contributed by atoms with E-state index in [1.54, 1.807) is 24.3 Å². The summed E-state index contributed by atoms with van der Waals surface area (Å²) < 4.78 is 5.37. The standard InChI is InChI=1S/C16H23NO3/c1-3-4-5-6-10-17-16(19)12-20-15-9-7-8-14(11-15)13(2)18/h7-9,11H,3-6,10,12H2,1-2H3,(H,17,19). The van der Waals surface area contributed by atoms with E-state index in [-0.39, 0.29) is 18.3 Å². The molecule has 1 aromatic carbocycles. The van der Waals surface area contributed by atoms with Gasteiger partial charge < -0.3 is 10.1 Å². The number of hydrogen-bond acceptors (Lipinski definition) is 3. The fraction of sp³-hybridized carbons (Fsp3) is 0.500. The zero-order chi connectivity index (χ0) is 14.8. The van der Waals surface area contributed by atoms with Gasteiger partial charge in [-0.1, -0.05) is 38.3 Å². The van der Waals surface area contributed by atoms with Crippen LogP contribution < -0.4 is 10.1 Å². The number of unbranched alkanes of at least 4 members (excludes halogenated alkanes) is 3. The van der Waals surface area contributed by atoms with Crippen molar-refractivity contribution in [3.05, 3.63) is 29.8 Å². The van der Waals surface area contributed by atoms with Crippen LogP contribution in [0.2, 0.25) is 0 Å². The van der Waals surface area contributed by atoms with Gasteiger partial charge in [0.2, 0.25) is 0 Å². The van der Waals surface area contributed by atoms with Crippen LogP contribution in [0.4, 0.5) is 0 Å². The number of ether oxygens (including phenoxy) is 1. The topological polar surface area (TPSA) is 55.4 Å². The van der Waals surface area contributed by atoms with Gasteiger partial charge in [-0.2, -0.15) is 0 Å². The molecule has 0 fully saturated rings. The molecule has 0 aromatic heterocycles. The minimum absolute atomic E-state index is 0.0178. The van der Waals surface area contributed by atoms with Crippen molar-refractivity contribution in [1.82, 2.24) is 5.32 Å². The van der Waals surface area contributed by atoms with Gasteiger partial charge in [0.15, 0.2) is 12.4 Å². The highest BCUT2D eigenvalue weighted by molar-refractivity contribution is 5.94. The highest BCUT2D eigenvalue weighted by Gasteiger charge is 2.04. The quantitative estimate of drug-likeness (QED) is 0.557. The molecule has 0 aliphatic rings. The van der Waals surface area contributed by atoms with Crippen molar-refractivity contribution in [2.75, 3.05) is 13.2 Å². The molecule has 1 rings (SSSR count).